The van der Waals surface area contributed by atoms with Gasteiger partial charge in [0, 0.05) is 6.04 Å². The van der Waals surface area contributed by atoms with Crippen LogP contribution >= 0.6 is 0 Å². The summed E-state index contributed by atoms with van der Waals surface area (Å²) < 4.78 is 0. The molecule has 0 spiro atoms. The number of hydrogen-bond donors (Lipinski definition) is 1. The number of rotatable bonds is 5. The monoisotopic (exact) mass is 197 g/mol. The van der Waals surface area contributed by atoms with Crippen molar-refractivity contribution in [2.45, 2.75) is 53.5 Å². The van der Waals surface area contributed by atoms with Crippen molar-refractivity contribution in [1.29, 1.82) is 0 Å². The van der Waals surface area contributed by atoms with Crippen LogP contribution in [0.3, 0.4) is 0 Å². The van der Waals surface area contributed by atoms with E-state index in [9.17, 15) is 0 Å². The molecule has 0 bridgehead atoms. The topological polar surface area (TPSA) is 12.0 Å². The standard InChI is InChI=1S/C13H27N/c1-9(2)13(10(3)4)8-14-12-6-11(5)7-12/h9-14H,6-8H2,1-5H3. The van der Waals surface area contributed by atoms with Gasteiger partial charge in [-0.15, -0.1) is 0 Å². The molecule has 1 rings (SSSR count). The fraction of sp³-hybridized carbons (Fsp3) is 1.00. The molecule has 0 heterocycles. The summed E-state index contributed by atoms with van der Waals surface area (Å²) in [6.07, 6.45) is 2.78. The zero-order valence-electron chi connectivity index (χ0n) is 10.5. The molecule has 0 unspecified atom stereocenters. The van der Waals surface area contributed by atoms with Crippen LogP contribution < -0.4 is 5.32 Å². The van der Waals surface area contributed by atoms with Crippen molar-refractivity contribution in [3.63, 3.8) is 0 Å². The Balaban J connectivity index is 2.20. The van der Waals surface area contributed by atoms with Crippen molar-refractivity contribution in [2.24, 2.45) is 23.7 Å². The summed E-state index contributed by atoms with van der Waals surface area (Å²) in [6.45, 7) is 12.9. The van der Waals surface area contributed by atoms with Gasteiger partial charge in [-0.25, -0.2) is 0 Å². The van der Waals surface area contributed by atoms with Crippen LogP contribution in [0.4, 0.5) is 0 Å². The zero-order valence-corrected chi connectivity index (χ0v) is 10.5. The lowest BCUT2D eigenvalue weighted by Crippen LogP contribution is -2.43. The Kier molecular flexibility index (Phi) is 4.43. The molecule has 0 amide bonds. The van der Waals surface area contributed by atoms with Gasteiger partial charge in [0.05, 0.1) is 0 Å². The van der Waals surface area contributed by atoms with Crippen LogP contribution in [0.15, 0.2) is 0 Å². The maximum atomic E-state index is 3.71. The Hall–Kier alpha value is -0.0400. The van der Waals surface area contributed by atoms with Gasteiger partial charge in [0.1, 0.15) is 0 Å². The average molecular weight is 197 g/mol. The molecule has 0 saturated heterocycles. The highest BCUT2D eigenvalue weighted by atomic mass is 14.9. The van der Waals surface area contributed by atoms with Crippen molar-refractivity contribution < 1.29 is 0 Å². The fourth-order valence-corrected chi connectivity index (χ4v) is 2.61. The van der Waals surface area contributed by atoms with Gasteiger partial charge in [-0.1, -0.05) is 34.6 Å². The minimum Gasteiger partial charge on any atom is -0.314 e. The zero-order chi connectivity index (χ0) is 10.7. The Morgan fingerprint density at radius 3 is 1.93 bits per heavy atom. The van der Waals surface area contributed by atoms with Crippen LogP contribution in [-0.2, 0) is 0 Å². The van der Waals surface area contributed by atoms with E-state index in [1.807, 2.05) is 0 Å². The lowest BCUT2D eigenvalue weighted by molar-refractivity contribution is 0.201. The van der Waals surface area contributed by atoms with Crippen molar-refractivity contribution in [2.75, 3.05) is 6.54 Å². The van der Waals surface area contributed by atoms with E-state index in [0.29, 0.717) is 0 Å². The summed E-state index contributed by atoms with van der Waals surface area (Å²) in [6, 6.07) is 0.824. The van der Waals surface area contributed by atoms with E-state index >= 15 is 0 Å². The van der Waals surface area contributed by atoms with Crippen molar-refractivity contribution in [3.05, 3.63) is 0 Å². The Labute approximate surface area is 89.7 Å². The summed E-state index contributed by atoms with van der Waals surface area (Å²) in [7, 11) is 0. The van der Waals surface area contributed by atoms with Gasteiger partial charge in [0.15, 0.2) is 0 Å². The molecule has 1 fully saturated rings. The first kappa shape index (κ1) is 12.0. The van der Waals surface area contributed by atoms with E-state index in [1.54, 1.807) is 0 Å². The van der Waals surface area contributed by atoms with Crippen LogP contribution in [0.1, 0.15) is 47.5 Å². The summed E-state index contributed by atoms with van der Waals surface area (Å²) in [5, 5.41) is 3.71. The molecule has 0 aromatic carbocycles. The van der Waals surface area contributed by atoms with Crippen LogP contribution in [0, 0.1) is 23.7 Å². The molecule has 0 aliphatic heterocycles. The van der Waals surface area contributed by atoms with E-state index in [4.69, 9.17) is 0 Å². The second kappa shape index (κ2) is 5.16. The minimum absolute atomic E-state index is 0.806. The highest BCUT2D eigenvalue weighted by molar-refractivity contribution is 4.83. The molecule has 0 radical (unpaired) electrons. The third-order valence-electron chi connectivity index (χ3n) is 3.73. The van der Waals surface area contributed by atoms with Crippen molar-refractivity contribution in [3.8, 4) is 0 Å². The van der Waals surface area contributed by atoms with Gasteiger partial charge in [-0.05, 0) is 43.1 Å². The SMILES string of the molecule is CC1CC(NCC(C(C)C)C(C)C)C1. The summed E-state index contributed by atoms with van der Waals surface area (Å²) >= 11 is 0. The van der Waals surface area contributed by atoms with Gasteiger partial charge in [0.2, 0.25) is 0 Å². The first-order chi connectivity index (χ1) is 6.50. The van der Waals surface area contributed by atoms with Gasteiger partial charge >= 0.3 is 0 Å². The molecule has 1 aliphatic carbocycles. The summed E-state index contributed by atoms with van der Waals surface area (Å²) in [5.41, 5.74) is 0. The maximum Gasteiger partial charge on any atom is 0.00722 e. The second-order valence-electron chi connectivity index (χ2n) is 5.83. The molecule has 1 nitrogen and oxygen atoms in total. The third-order valence-corrected chi connectivity index (χ3v) is 3.73. The smallest absolute Gasteiger partial charge is 0.00722 e. The largest absolute Gasteiger partial charge is 0.314 e. The molecule has 1 heteroatoms. The minimum atomic E-state index is 0.806. The molecule has 1 aliphatic rings. The van der Waals surface area contributed by atoms with Gasteiger partial charge in [-0.3, -0.25) is 0 Å². The fourth-order valence-electron chi connectivity index (χ4n) is 2.61. The quantitative estimate of drug-likeness (QED) is 0.713. The predicted octanol–water partition coefficient (Wildman–Crippen LogP) is 3.30. The van der Waals surface area contributed by atoms with Gasteiger partial charge in [0.25, 0.3) is 0 Å². The lowest BCUT2D eigenvalue weighted by atomic mass is 9.80. The first-order valence-electron chi connectivity index (χ1n) is 6.24. The molecular formula is C13H27N. The molecular weight excluding hydrogens is 170 g/mol. The van der Waals surface area contributed by atoms with E-state index in [1.165, 1.54) is 19.4 Å². The van der Waals surface area contributed by atoms with Crippen molar-refractivity contribution in [1.82, 2.24) is 5.32 Å². The highest BCUT2D eigenvalue weighted by Gasteiger charge is 2.26. The molecule has 0 aromatic heterocycles. The van der Waals surface area contributed by atoms with Gasteiger partial charge < -0.3 is 5.32 Å². The van der Waals surface area contributed by atoms with E-state index in [-0.39, 0.29) is 0 Å². The van der Waals surface area contributed by atoms with Crippen LogP contribution in [0.25, 0.3) is 0 Å². The molecule has 1 N–H and O–H groups in total. The van der Waals surface area contributed by atoms with Crippen LogP contribution in [-0.4, -0.2) is 12.6 Å². The van der Waals surface area contributed by atoms with E-state index in [0.717, 1.165) is 29.7 Å². The molecule has 14 heavy (non-hydrogen) atoms. The Bertz CT molecular complexity index is 149. The molecule has 0 aromatic rings. The predicted molar refractivity (Wildman–Crippen MR) is 63.4 cm³/mol. The summed E-state index contributed by atoms with van der Waals surface area (Å²) in [5.74, 6) is 3.41. The van der Waals surface area contributed by atoms with Gasteiger partial charge in [-0.2, -0.15) is 0 Å². The van der Waals surface area contributed by atoms with E-state index < -0.39 is 0 Å². The number of hydrogen-bond acceptors (Lipinski definition) is 1. The average Bonchev–Trinajstić information content (AvgIpc) is 1.99. The van der Waals surface area contributed by atoms with E-state index in [2.05, 4.69) is 39.9 Å². The first-order valence-corrected chi connectivity index (χ1v) is 6.24. The number of nitrogens with one attached hydrogen (secondary N) is 1. The lowest BCUT2D eigenvalue weighted by Gasteiger charge is -2.36. The molecule has 0 atom stereocenters. The van der Waals surface area contributed by atoms with Crippen LogP contribution in [0.5, 0.6) is 0 Å². The Morgan fingerprint density at radius 1 is 1.07 bits per heavy atom. The van der Waals surface area contributed by atoms with Crippen LogP contribution in [0.2, 0.25) is 0 Å². The third kappa shape index (κ3) is 3.27. The molecule has 1 saturated carbocycles. The maximum absolute atomic E-state index is 3.71. The normalized spacial score (nSPS) is 27.4. The Morgan fingerprint density at radius 2 is 1.57 bits per heavy atom. The highest BCUT2D eigenvalue weighted by Crippen LogP contribution is 2.27. The second-order valence-corrected chi connectivity index (χ2v) is 5.83. The van der Waals surface area contributed by atoms with Crippen molar-refractivity contribution >= 4 is 0 Å². The summed E-state index contributed by atoms with van der Waals surface area (Å²) in [4.78, 5) is 0. The molecule has 84 valence electrons.